The lowest BCUT2D eigenvalue weighted by Crippen LogP contribution is -2.16. The van der Waals surface area contributed by atoms with Crippen LogP contribution in [0.4, 0.5) is 0 Å². The summed E-state index contributed by atoms with van der Waals surface area (Å²) in [5, 5.41) is 7.95. The van der Waals surface area contributed by atoms with Crippen LogP contribution in [0, 0.1) is 5.41 Å². The molecule has 1 rings (SSSR count). The highest BCUT2D eigenvalue weighted by Gasteiger charge is 2.09. The van der Waals surface area contributed by atoms with Crippen molar-refractivity contribution in [2.45, 2.75) is 43.5 Å². The van der Waals surface area contributed by atoms with Crippen molar-refractivity contribution in [3.8, 4) is 0 Å². The minimum absolute atomic E-state index is 0.124. The van der Waals surface area contributed by atoms with Crippen LogP contribution < -0.4 is 11.3 Å². The standard InChI is InChI=1S/C11H18N4OS/c1-3-4-8-6-10(16)15-11(14-8)17-7(2)5-9(12)13/h6-7H,3-5H2,1-2H3,(H3,12,13)(H,14,15,16). The van der Waals surface area contributed by atoms with Crippen LogP contribution in [0.15, 0.2) is 16.0 Å². The lowest BCUT2D eigenvalue weighted by Gasteiger charge is -2.09. The monoisotopic (exact) mass is 254 g/mol. The molecular formula is C11H18N4OS. The molecule has 6 heteroatoms. The molecule has 4 N–H and O–H groups in total. The van der Waals surface area contributed by atoms with Crippen LogP contribution in [-0.4, -0.2) is 21.1 Å². The fraction of sp³-hybridized carbons (Fsp3) is 0.545. The summed E-state index contributed by atoms with van der Waals surface area (Å²) in [6.07, 6.45) is 2.26. The highest BCUT2D eigenvalue weighted by Crippen LogP contribution is 2.20. The topological polar surface area (TPSA) is 95.6 Å². The molecule has 0 bridgehead atoms. The number of hydrogen-bond donors (Lipinski definition) is 3. The maximum atomic E-state index is 11.4. The second-order valence-electron chi connectivity index (χ2n) is 3.95. The summed E-state index contributed by atoms with van der Waals surface area (Å²) in [5.74, 6) is 0.150. The molecule has 0 aliphatic heterocycles. The second-order valence-corrected chi connectivity index (χ2v) is 5.38. The number of hydrogen-bond acceptors (Lipinski definition) is 4. The number of aryl methyl sites for hydroxylation is 1. The van der Waals surface area contributed by atoms with Gasteiger partial charge in [0.1, 0.15) is 0 Å². The number of thioether (sulfide) groups is 1. The van der Waals surface area contributed by atoms with Crippen molar-refractivity contribution >= 4 is 17.6 Å². The van der Waals surface area contributed by atoms with Gasteiger partial charge in [-0.25, -0.2) is 4.98 Å². The molecule has 0 amide bonds. The van der Waals surface area contributed by atoms with Crippen LogP contribution in [0.1, 0.15) is 32.4 Å². The Kier molecular flexibility index (Phi) is 5.21. The fourth-order valence-corrected chi connectivity index (χ4v) is 2.44. The summed E-state index contributed by atoms with van der Waals surface area (Å²) in [6.45, 7) is 4.01. The van der Waals surface area contributed by atoms with Gasteiger partial charge in [-0.2, -0.15) is 0 Å². The third-order valence-electron chi connectivity index (χ3n) is 2.10. The van der Waals surface area contributed by atoms with Gasteiger partial charge in [0.2, 0.25) is 0 Å². The smallest absolute Gasteiger partial charge is 0.251 e. The van der Waals surface area contributed by atoms with Crippen LogP contribution in [-0.2, 0) is 6.42 Å². The predicted octanol–water partition coefficient (Wildman–Crippen LogP) is 1.53. The molecular weight excluding hydrogens is 236 g/mol. The van der Waals surface area contributed by atoms with E-state index in [1.54, 1.807) is 0 Å². The highest BCUT2D eigenvalue weighted by atomic mass is 32.2. The first kappa shape index (κ1) is 13.8. The van der Waals surface area contributed by atoms with Gasteiger partial charge < -0.3 is 10.7 Å². The average molecular weight is 254 g/mol. The number of aromatic nitrogens is 2. The molecule has 0 spiro atoms. The predicted molar refractivity (Wildman–Crippen MR) is 70.7 cm³/mol. The van der Waals surface area contributed by atoms with E-state index in [0.717, 1.165) is 18.5 Å². The van der Waals surface area contributed by atoms with Gasteiger partial charge in [-0.15, -0.1) is 0 Å². The number of aromatic amines is 1. The van der Waals surface area contributed by atoms with E-state index >= 15 is 0 Å². The van der Waals surface area contributed by atoms with Crippen molar-refractivity contribution in [1.82, 2.24) is 9.97 Å². The van der Waals surface area contributed by atoms with E-state index in [1.807, 2.05) is 13.8 Å². The van der Waals surface area contributed by atoms with Gasteiger partial charge in [0, 0.05) is 23.4 Å². The van der Waals surface area contributed by atoms with Gasteiger partial charge in [0.05, 0.1) is 5.84 Å². The molecule has 0 fully saturated rings. The maximum absolute atomic E-state index is 11.4. The lowest BCUT2D eigenvalue weighted by atomic mass is 10.2. The molecule has 17 heavy (non-hydrogen) atoms. The molecule has 0 aromatic carbocycles. The molecule has 1 unspecified atom stereocenters. The Morgan fingerprint density at radius 3 is 3.00 bits per heavy atom. The van der Waals surface area contributed by atoms with Crippen LogP contribution >= 0.6 is 11.8 Å². The van der Waals surface area contributed by atoms with Gasteiger partial charge in [-0.05, 0) is 6.42 Å². The zero-order chi connectivity index (χ0) is 12.8. The van der Waals surface area contributed by atoms with E-state index in [2.05, 4.69) is 9.97 Å². The van der Waals surface area contributed by atoms with Gasteiger partial charge >= 0.3 is 0 Å². The SMILES string of the molecule is CCCc1cc(=O)[nH]c(SC(C)CC(=N)N)n1. The van der Waals surface area contributed by atoms with Gasteiger partial charge in [0.15, 0.2) is 5.16 Å². The minimum atomic E-state index is -0.124. The molecule has 94 valence electrons. The number of H-pyrrole nitrogens is 1. The third-order valence-corrected chi connectivity index (χ3v) is 3.08. The third kappa shape index (κ3) is 5.04. The van der Waals surface area contributed by atoms with Crippen LogP contribution in [0.25, 0.3) is 0 Å². The first-order valence-electron chi connectivity index (χ1n) is 5.61. The summed E-state index contributed by atoms with van der Waals surface area (Å²) < 4.78 is 0. The van der Waals surface area contributed by atoms with Crippen molar-refractivity contribution in [2.24, 2.45) is 5.73 Å². The van der Waals surface area contributed by atoms with Crippen molar-refractivity contribution in [3.63, 3.8) is 0 Å². The Balaban J connectivity index is 2.76. The quantitative estimate of drug-likeness (QED) is 0.310. The summed E-state index contributed by atoms with van der Waals surface area (Å²) in [6, 6.07) is 1.53. The summed E-state index contributed by atoms with van der Waals surface area (Å²) in [5.41, 5.74) is 6.02. The normalized spacial score (nSPS) is 12.4. The minimum Gasteiger partial charge on any atom is -0.388 e. The number of amidine groups is 1. The average Bonchev–Trinajstić information content (AvgIpc) is 2.14. The molecule has 1 aromatic rings. The van der Waals surface area contributed by atoms with Crippen LogP contribution in [0.5, 0.6) is 0 Å². The maximum Gasteiger partial charge on any atom is 0.251 e. The van der Waals surface area contributed by atoms with Crippen LogP contribution in [0.2, 0.25) is 0 Å². The summed E-state index contributed by atoms with van der Waals surface area (Å²) in [7, 11) is 0. The molecule has 0 saturated carbocycles. The Morgan fingerprint density at radius 1 is 1.71 bits per heavy atom. The second kappa shape index (κ2) is 6.44. The molecule has 5 nitrogen and oxygen atoms in total. The van der Waals surface area contributed by atoms with E-state index in [4.69, 9.17) is 11.1 Å². The lowest BCUT2D eigenvalue weighted by molar-refractivity contribution is 0.812. The molecule has 0 radical (unpaired) electrons. The Morgan fingerprint density at radius 2 is 2.41 bits per heavy atom. The fourth-order valence-electron chi connectivity index (χ4n) is 1.47. The largest absolute Gasteiger partial charge is 0.388 e. The van der Waals surface area contributed by atoms with Crippen molar-refractivity contribution in [2.75, 3.05) is 0 Å². The number of rotatable bonds is 6. The molecule has 0 aliphatic rings. The van der Waals surface area contributed by atoms with Crippen molar-refractivity contribution in [3.05, 3.63) is 22.1 Å². The van der Waals surface area contributed by atoms with E-state index in [1.165, 1.54) is 17.8 Å². The molecule has 1 aromatic heterocycles. The Bertz CT molecular complexity index is 443. The van der Waals surface area contributed by atoms with Gasteiger partial charge in [0.25, 0.3) is 5.56 Å². The number of nitrogens with two attached hydrogens (primary N) is 1. The molecule has 0 aliphatic carbocycles. The van der Waals surface area contributed by atoms with Gasteiger partial charge in [-0.1, -0.05) is 32.0 Å². The molecule has 1 heterocycles. The Labute approximate surface area is 105 Å². The zero-order valence-electron chi connectivity index (χ0n) is 10.1. The van der Waals surface area contributed by atoms with Crippen LogP contribution in [0.3, 0.4) is 0 Å². The first-order valence-corrected chi connectivity index (χ1v) is 6.49. The van der Waals surface area contributed by atoms with Crippen molar-refractivity contribution < 1.29 is 0 Å². The molecule has 0 saturated heterocycles. The van der Waals surface area contributed by atoms with E-state index in [0.29, 0.717) is 11.6 Å². The van der Waals surface area contributed by atoms with E-state index < -0.39 is 0 Å². The first-order chi connectivity index (χ1) is 8.01. The van der Waals surface area contributed by atoms with E-state index in [9.17, 15) is 4.79 Å². The Hall–Kier alpha value is -1.30. The van der Waals surface area contributed by atoms with Crippen molar-refractivity contribution in [1.29, 1.82) is 5.41 Å². The zero-order valence-corrected chi connectivity index (χ0v) is 10.9. The summed E-state index contributed by atoms with van der Waals surface area (Å²) >= 11 is 1.44. The summed E-state index contributed by atoms with van der Waals surface area (Å²) in [4.78, 5) is 18.5. The van der Waals surface area contributed by atoms with Gasteiger partial charge in [-0.3, -0.25) is 10.2 Å². The number of nitrogens with one attached hydrogen (secondary N) is 2. The number of nitrogens with zero attached hydrogens (tertiary/aromatic N) is 1. The highest BCUT2D eigenvalue weighted by molar-refractivity contribution is 7.99. The molecule has 1 atom stereocenters. The van der Waals surface area contributed by atoms with E-state index in [-0.39, 0.29) is 16.6 Å².